The number of carbonyl (C=O) groups excluding carboxylic acids is 1. The average Bonchev–Trinajstić information content (AvgIpc) is 3.36. The Bertz CT molecular complexity index is 997. The van der Waals surface area contributed by atoms with Crippen LogP contribution in [-0.4, -0.2) is 29.3 Å². The Morgan fingerprint density at radius 1 is 1.26 bits per heavy atom. The summed E-state index contributed by atoms with van der Waals surface area (Å²) in [6.07, 6.45) is 0. The highest BCUT2D eigenvalue weighted by Gasteiger charge is 2.27. The molecule has 0 saturated carbocycles. The molecule has 0 atom stereocenters. The molecular formula is C17H12N2O7S. The molecule has 2 aromatic heterocycles. The van der Waals surface area contributed by atoms with E-state index in [0.717, 1.165) is 10.9 Å². The van der Waals surface area contributed by atoms with Crippen molar-refractivity contribution in [2.75, 3.05) is 13.2 Å². The predicted molar refractivity (Wildman–Crippen MR) is 93.0 cm³/mol. The summed E-state index contributed by atoms with van der Waals surface area (Å²) in [5, 5.41) is 17.0. The minimum absolute atomic E-state index is 0.181. The molecule has 3 heterocycles. The molecule has 1 aromatic carbocycles. The number of thiophene rings is 1. The van der Waals surface area contributed by atoms with E-state index in [1.165, 1.54) is 17.4 Å². The summed E-state index contributed by atoms with van der Waals surface area (Å²) in [4.78, 5) is 23.9. The number of esters is 1. The van der Waals surface area contributed by atoms with E-state index in [-0.39, 0.29) is 30.3 Å². The lowest BCUT2D eigenvalue weighted by molar-refractivity contribution is -0.385. The number of rotatable bonds is 5. The summed E-state index contributed by atoms with van der Waals surface area (Å²) >= 11 is 1.49. The average molecular weight is 388 g/mol. The lowest BCUT2D eigenvalue weighted by Gasteiger charge is -2.18. The SMILES string of the molecule is O=C(OCc1cc(-c2cccs2)on1)c1cc2c(cc1[N+](=O)[O-])OCCO2. The van der Waals surface area contributed by atoms with Gasteiger partial charge in [0, 0.05) is 12.1 Å². The van der Waals surface area contributed by atoms with Crippen LogP contribution in [0.5, 0.6) is 11.5 Å². The fourth-order valence-corrected chi connectivity index (χ4v) is 3.20. The first-order valence-corrected chi connectivity index (χ1v) is 8.74. The first kappa shape index (κ1) is 17.0. The van der Waals surface area contributed by atoms with Crippen molar-refractivity contribution < 1.29 is 28.5 Å². The van der Waals surface area contributed by atoms with Gasteiger partial charge in [-0.3, -0.25) is 10.1 Å². The van der Waals surface area contributed by atoms with E-state index in [1.807, 2.05) is 17.5 Å². The number of ether oxygens (including phenoxy) is 3. The molecule has 138 valence electrons. The monoisotopic (exact) mass is 388 g/mol. The van der Waals surface area contributed by atoms with Gasteiger partial charge in [0.1, 0.15) is 31.1 Å². The molecule has 0 unspecified atom stereocenters. The van der Waals surface area contributed by atoms with Crippen molar-refractivity contribution >= 4 is 23.0 Å². The standard InChI is InChI=1S/C17H12N2O7S/c20-17(25-9-10-6-15(26-18-10)16-2-1-5-27-16)11-7-13-14(24-4-3-23-13)8-12(11)19(21)22/h1-2,5-8H,3-4,9H2. The van der Waals surface area contributed by atoms with Crippen LogP contribution in [0.2, 0.25) is 0 Å². The van der Waals surface area contributed by atoms with E-state index in [9.17, 15) is 14.9 Å². The highest BCUT2D eigenvalue weighted by Crippen LogP contribution is 2.37. The zero-order valence-corrected chi connectivity index (χ0v) is 14.6. The number of aromatic nitrogens is 1. The summed E-state index contributed by atoms with van der Waals surface area (Å²) in [6.45, 7) is 0.399. The Morgan fingerprint density at radius 3 is 2.74 bits per heavy atom. The van der Waals surface area contributed by atoms with Gasteiger partial charge in [-0.05, 0) is 11.4 Å². The number of nitrogens with zero attached hydrogens (tertiary/aromatic N) is 2. The maximum Gasteiger partial charge on any atom is 0.345 e. The van der Waals surface area contributed by atoms with Crippen molar-refractivity contribution in [3.05, 3.63) is 57.1 Å². The van der Waals surface area contributed by atoms with Crippen LogP contribution in [0.15, 0.2) is 40.2 Å². The molecule has 0 spiro atoms. The number of benzene rings is 1. The number of fused-ring (bicyclic) bond motifs is 1. The molecular weight excluding hydrogens is 376 g/mol. The van der Waals surface area contributed by atoms with Gasteiger partial charge in [0.2, 0.25) is 0 Å². The summed E-state index contributed by atoms with van der Waals surface area (Å²) in [5.74, 6) is 0.183. The van der Waals surface area contributed by atoms with Gasteiger partial charge in [-0.15, -0.1) is 11.3 Å². The lowest BCUT2D eigenvalue weighted by atomic mass is 10.1. The quantitative estimate of drug-likeness (QED) is 0.371. The molecule has 0 saturated heterocycles. The highest BCUT2D eigenvalue weighted by atomic mass is 32.1. The second kappa shape index (κ2) is 7.08. The summed E-state index contributed by atoms with van der Waals surface area (Å²) in [6, 6.07) is 7.82. The molecule has 1 aliphatic rings. The molecule has 0 aliphatic carbocycles. The van der Waals surface area contributed by atoms with Crippen LogP contribution in [0.4, 0.5) is 5.69 Å². The van der Waals surface area contributed by atoms with Gasteiger partial charge in [-0.25, -0.2) is 4.79 Å². The number of nitro benzene ring substituents is 1. The molecule has 0 amide bonds. The number of hydrogen-bond acceptors (Lipinski definition) is 9. The maximum absolute atomic E-state index is 12.4. The van der Waals surface area contributed by atoms with Gasteiger partial charge in [0.05, 0.1) is 15.9 Å². The largest absolute Gasteiger partial charge is 0.486 e. The van der Waals surface area contributed by atoms with Crippen molar-refractivity contribution in [1.29, 1.82) is 0 Å². The molecule has 27 heavy (non-hydrogen) atoms. The maximum atomic E-state index is 12.4. The minimum atomic E-state index is -0.862. The zero-order chi connectivity index (χ0) is 18.8. The molecule has 1 aliphatic heterocycles. The van der Waals surface area contributed by atoms with Gasteiger partial charge < -0.3 is 18.7 Å². The zero-order valence-electron chi connectivity index (χ0n) is 13.7. The smallest absolute Gasteiger partial charge is 0.345 e. The third-order valence-electron chi connectivity index (χ3n) is 3.75. The predicted octanol–water partition coefficient (Wildman–Crippen LogP) is 3.44. The minimum Gasteiger partial charge on any atom is -0.486 e. The van der Waals surface area contributed by atoms with Crippen molar-refractivity contribution in [1.82, 2.24) is 5.16 Å². The molecule has 0 N–H and O–H groups in total. The molecule has 9 nitrogen and oxygen atoms in total. The van der Waals surface area contributed by atoms with E-state index in [0.29, 0.717) is 18.1 Å². The fraction of sp³-hybridized carbons (Fsp3) is 0.176. The summed E-state index contributed by atoms with van der Waals surface area (Å²) in [5.41, 5.74) is -0.234. The van der Waals surface area contributed by atoms with Gasteiger partial charge in [0.25, 0.3) is 5.69 Å². The van der Waals surface area contributed by atoms with Crippen molar-refractivity contribution in [2.45, 2.75) is 6.61 Å². The molecule has 4 rings (SSSR count). The summed E-state index contributed by atoms with van der Waals surface area (Å²) < 4.78 is 21.1. The summed E-state index contributed by atoms with van der Waals surface area (Å²) in [7, 11) is 0. The first-order valence-electron chi connectivity index (χ1n) is 7.86. The van der Waals surface area contributed by atoms with Crippen LogP contribution in [0.1, 0.15) is 16.1 Å². The Kier molecular flexibility index (Phi) is 4.47. The third-order valence-corrected chi connectivity index (χ3v) is 4.64. The second-order valence-electron chi connectivity index (χ2n) is 5.51. The van der Waals surface area contributed by atoms with Crippen LogP contribution in [0.25, 0.3) is 10.6 Å². The van der Waals surface area contributed by atoms with Crippen LogP contribution in [-0.2, 0) is 11.3 Å². The van der Waals surface area contributed by atoms with Gasteiger partial charge >= 0.3 is 5.97 Å². The Balaban J connectivity index is 1.52. The number of nitro groups is 1. The Hall–Kier alpha value is -3.40. The third kappa shape index (κ3) is 3.47. The second-order valence-corrected chi connectivity index (χ2v) is 6.45. The topological polar surface area (TPSA) is 114 Å². The van der Waals surface area contributed by atoms with Crippen molar-refractivity contribution in [3.8, 4) is 22.1 Å². The van der Waals surface area contributed by atoms with E-state index in [1.54, 1.807) is 6.07 Å². The van der Waals surface area contributed by atoms with Crippen LogP contribution in [0.3, 0.4) is 0 Å². The van der Waals surface area contributed by atoms with Gasteiger partial charge in [0.15, 0.2) is 17.3 Å². The molecule has 10 heteroatoms. The fourth-order valence-electron chi connectivity index (χ4n) is 2.52. The normalized spacial score (nSPS) is 12.6. The molecule has 0 radical (unpaired) electrons. The molecule has 0 bridgehead atoms. The number of carbonyl (C=O) groups is 1. The Labute approximate surface area is 156 Å². The first-order chi connectivity index (χ1) is 13.1. The number of hydrogen-bond donors (Lipinski definition) is 0. The van der Waals surface area contributed by atoms with E-state index in [2.05, 4.69) is 5.16 Å². The van der Waals surface area contributed by atoms with Crippen LogP contribution in [0, 0.1) is 10.1 Å². The Morgan fingerprint density at radius 2 is 2.04 bits per heavy atom. The van der Waals surface area contributed by atoms with Crippen LogP contribution < -0.4 is 9.47 Å². The molecule has 0 fully saturated rings. The van der Waals surface area contributed by atoms with Gasteiger partial charge in [-0.2, -0.15) is 0 Å². The molecule has 3 aromatic rings. The van der Waals surface area contributed by atoms with Crippen LogP contribution >= 0.6 is 11.3 Å². The lowest BCUT2D eigenvalue weighted by Crippen LogP contribution is -2.17. The van der Waals surface area contributed by atoms with Crippen molar-refractivity contribution in [2.24, 2.45) is 0 Å². The van der Waals surface area contributed by atoms with E-state index < -0.39 is 16.6 Å². The van der Waals surface area contributed by atoms with E-state index in [4.69, 9.17) is 18.7 Å². The highest BCUT2D eigenvalue weighted by molar-refractivity contribution is 7.13. The van der Waals surface area contributed by atoms with E-state index >= 15 is 0 Å². The van der Waals surface area contributed by atoms with Gasteiger partial charge in [-0.1, -0.05) is 11.2 Å². The van der Waals surface area contributed by atoms with Crippen molar-refractivity contribution in [3.63, 3.8) is 0 Å².